The summed E-state index contributed by atoms with van der Waals surface area (Å²) in [6.07, 6.45) is 0.418. The number of hydrogen-bond donors (Lipinski definition) is 1. The van der Waals surface area contributed by atoms with Gasteiger partial charge in [-0.3, -0.25) is 4.79 Å². The molecule has 0 radical (unpaired) electrons. The fourth-order valence-corrected chi connectivity index (χ4v) is 3.52. The fourth-order valence-electron chi connectivity index (χ4n) is 3.52. The van der Waals surface area contributed by atoms with Crippen LogP contribution >= 0.6 is 0 Å². The van der Waals surface area contributed by atoms with Crippen LogP contribution in [0.25, 0.3) is 5.69 Å². The minimum atomic E-state index is -4.36. The molecule has 2 aromatic rings. The van der Waals surface area contributed by atoms with Gasteiger partial charge in [-0.05, 0) is 44.5 Å². The third-order valence-corrected chi connectivity index (χ3v) is 4.63. The molecular weight excluding hydrogens is 343 g/mol. The van der Waals surface area contributed by atoms with E-state index < -0.39 is 11.7 Å². The van der Waals surface area contributed by atoms with Crippen LogP contribution < -0.4 is 5.32 Å². The van der Waals surface area contributed by atoms with Crippen molar-refractivity contribution in [3.8, 4) is 5.69 Å². The molecule has 1 heterocycles. The van der Waals surface area contributed by atoms with E-state index in [9.17, 15) is 18.0 Å². The summed E-state index contributed by atoms with van der Waals surface area (Å²) in [5.74, 6) is 0.0456. The smallest absolute Gasteiger partial charge is 0.350 e. The van der Waals surface area contributed by atoms with Crippen LogP contribution in [0.3, 0.4) is 0 Å². The zero-order chi connectivity index (χ0) is 19.1. The van der Waals surface area contributed by atoms with Crippen LogP contribution in [-0.2, 0) is 11.0 Å². The number of rotatable bonds is 3. The average molecular weight is 363 g/mol. The molecule has 2 atom stereocenters. The van der Waals surface area contributed by atoms with E-state index in [1.54, 1.807) is 4.68 Å². The normalized spacial score (nSPS) is 19.8. The van der Waals surface area contributed by atoms with Gasteiger partial charge >= 0.3 is 6.18 Å². The topological polar surface area (TPSA) is 46.9 Å². The Balaban J connectivity index is 1.87. The summed E-state index contributed by atoms with van der Waals surface area (Å²) >= 11 is 0. The molecule has 138 valence electrons. The number of nitrogens with zero attached hydrogens (tertiary/aromatic N) is 2. The molecule has 26 heavy (non-hydrogen) atoms. The first-order valence-electron chi connectivity index (χ1n) is 8.36. The standard InChI is InChI=1S/C19H20F3N3O/c1-11-18(14-4-7-16(10-14)23-13(3)26)12(2)25(24-11)17-8-5-15(6-9-17)19(20,21)22/h4-9,14,16H,10H2,1-3H3,(H,23,26). The molecule has 0 bridgehead atoms. The Morgan fingerprint density at radius 3 is 2.42 bits per heavy atom. The van der Waals surface area contributed by atoms with Crippen molar-refractivity contribution in [1.82, 2.24) is 15.1 Å². The lowest BCUT2D eigenvalue weighted by atomic mass is 9.96. The fraction of sp³-hybridized carbons (Fsp3) is 0.368. The summed E-state index contributed by atoms with van der Waals surface area (Å²) in [4.78, 5) is 11.2. The molecule has 0 spiro atoms. The zero-order valence-electron chi connectivity index (χ0n) is 14.8. The number of halogens is 3. The summed E-state index contributed by atoms with van der Waals surface area (Å²) in [6, 6.07) is 4.97. The van der Waals surface area contributed by atoms with Crippen molar-refractivity contribution in [1.29, 1.82) is 0 Å². The number of alkyl halides is 3. The number of hydrogen-bond acceptors (Lipinski definition) is 2. The molecule has 1 aliphatic rings. The summed E-state index contributed by atoms with van der Waals surface area (Å²) in [6.45, 7) is 5.29. The van der Waals surface area contributed by atoms with Crippen molar-refractivity contribution < 1.29 is 18.0 Å². The molecule has 0 saturated heterocycles. The third kappa shape index (κ3) is 3.52. The van der Waals surface area contributed by atoms with Crippen molar-refractivity contribution in [3.05, 3.63) is 58.9 Å². The first kappa shape index (κ1) is 18.2. The number of carbonyl (C=O) groups is 1. The van der Waals surface area contributed by atoms with Crippen LogP contribution in [0.15, 0.2) is 36.4 Å². The van der Waals surface area contributed by atoms with Gasteiger partial charge in [-0.2, -0.15) is 18.3 Å². The van der Waals surface area contributed by atoms with Crippen LogP contribution in [0.2, 0.25) is 0 Å². The van der Waals surface area contributed by atoms with Crippen molar-refractivity contribution >= 4 is 5.91 Å². The molecule has 0 aliphatic heterocycles. The van der Waals surface area contributed by atoms with Gasteiger partial charge in [-0.15, -0.1) is 0 Å². The highest BCUT2D eigenvalue weighted by Crippen LogP contribution is 2.34. The van der Waals surface area contributed by atoms with Crippen LogP contribution in [-0.4, -0.2) is 21.7 Å². The van der Waals surface area contributed by atoms with E-state index in [1.807, 2.05) is 19.9 Å². The Bertz CT molecular complexity index is 850. The maximum absolute atomic E-state index is 12.7. The predicted molar refractivity (Wildman–Crippen MR) is 92.1 cm³/mol. The number of amides is 1. The molecule has 2 unspecified atom stereocenters. The van der Waals surface area contributed by atoms with E-state index in [-0.39, 0.29) is 17.9 Å². The Hall–Kier alpha value is -2.57. The molecule has 1 aromatic heterocycles. The summed E-state index contributed by atoms with van der Waals surface area (Å²) < 4.78 is 39.9. The minimum Gasteiger partial charge on any atom is -0.350 e. The molecule has 3 rings (SSSR count). The first-order valence-corrected chi connectivity index (χ1v) is 8.36. The van der Waals surface area contributed by atoms with Crippen LogP contribution in [0.4, 0.5) is 13.2 Å². The van der Waals surface area contributed by atoms with Gasteiger partial charge in [0.05, 0.1) is 16.9 Å². The number of aromatic nitrogens is 2. The van der Waals surface area contributed by atoms with E-state index in [2.05, 4.69) is 16.5 Å². The SMILES string of the molecule is CC(=O)NC1C=CC(c2c(C)nn(-c3ccc(C(F)(F)F)cc3)c2C)C1. The van der Waals surface area contributed by atoms with Gasteiger partial charge in [0.25, 0.3) is 0 Å². The average Bonchev–Trinajstić information content (AvgIpc) is 3.10. The highest BCUT2D eigenvalue weighted by Gasteiger charge is 2.30. The molecule has 7 heteroatoms. The molecule has 1 aliphatic carbocycles. The van der Waals surface area contributed by atoms with E-state index in [0.717, 1.165) is 35.5 Å². The molecule has 1 N–H and O–H groups in total. The monoisotopic (exact) mass is 363 g/mol. The van der Waals surface area contributed by atoms with Crippen LogP contribution in [0.5, 0.6) is 0 Å². The Morgan fingerprint density at radius 2 is 1.85 bits per heavy atom. The molecule has 4 nitrogen and oxygen atoms in total. The maximum atomic E-state index is 12.7. The number of allylic oxidation sites excluding steroid dienone is 1. The van der Waals surface area contributed by atoms with Gasteiger partial charge < -0.3 is 5.32 Å². The first-order chi connectivity index (χ1) is 12.2. The summed E-state index contributed by atoms with van der Waals surface area (Å²) in [5.41, 5.74) is 2.68. The maximum Gasteiger partial charge on any atom is 0.416 e. The lowest BCUT2D eigenvalue weighted by Gasteiger charge is -2.14. The number of benzene rings is 1. The van der Waals surface area contributed by atoms with E-state index in [0.29, 0.717) is 5.69 Å². The van der Waals surface area contributed by atoms with Gasteiger partial charge in [0.15, 0.2) is 0 Å². The van der Waals surface area contributed by atoms with Crippen molar-refractivity contribution in [2.75, 3.05) is 0 Å². The van der Waals surface area contributed by atoms with E-state index in [1.165, 1.54) is 19.1 Å². The molecule has 1 aromatic carbocycles. The van der Waals surface area contributed by atoms with Crippen LogP contribution in [0.1, 0.15) is 41.8 Å². The van der Waals surface area contributed by atoms with Crippen molar-refractivity contribution in [2.24, 2.45) is 0 Å². The lowest BCUT2D eigenvalue weighted by Crippen LogP contribution is -2.30. The van der Waals surface area contributed by atoms with Gasteiger partial charge in [0, 0.05) is 30.1 Å². The Kier molecular flexibility index (Phi) is 4.64. The summed E-state index contributed by atoms with van der Waals surface area (Å²) in [7, 11) is 0. The third-order valence-electron chi connectivity index (χ3n) is 4.63. The Labute approximate surface area is 149 Å². The van der Waals surface area contributed by atoms with Crippen LogP contribution in [0, 0.1) is 13.8 Å². The number of carbonyl (C=O) groups excluding carboxylic acids is 1. The molecule has 0 saturated carbocycles. The molecule has 1 amide bonds. The van der Waals surface area contributed by atoms with Crippen molar-refractivity contribution in [3.63, 3.8) is 0 Å². The minimum absolute atomic E-state index is 0.00859. The molecular formula is C19H20F3N3O. The second-order valence-electron chi connectivity index (χ2n) is 6.58. The lowest BCUT2D eigenvalue weighted by molar-refractivity contribution is -0.137. The van der Waals surface area contributed by atoms with E-state index in [4.69, 9.17) is 0 Å². The Morgan fingerprint density at radius 1 is 1.19 bits per heavy atom. The van der Waals surface area contributed by atoms with Gasteiger partial charge in [0.1, 0.15) is 0 Å². The quantitative estimate of drug-likeness (QED) is 0.836. The van der Waals surface area contributed by atoms with Gasteiger partial charge in [0.2, 0.25) is 5.91 Å². The largest absolute Gasteiger partial charge is 0.416 e. The van der Waals surface area contributed by atoms with Gasteiger partial charge in [-0.1, -0.05) is 12.2 Å². The highest BCUT2D eigenvalue weighted by atomic mass is 19.4. The highest BCUT2D eigenvalue weighted by molar-refractivity contribution is 5.73. The van der Waals surface area contributed by atoms with Gasteiger partial charge in [-0.25, -0.2) is 4.68 Å². The van der Waals surface area contributed by atoms with Crippen molar-refractivity contribution in [2.45, 2.75) is 45.3 Å². The number of aryl methyl sites for hydroxylation is 1. The predicted octanol–water partition coefficient (Wildman–Crippen LogP) is 4.06. The summed E-state index contributed by atoms with van der Waals surface area (Å²) in [5, 5.41) is 7.40. The second-order valence-corrected chi connectivity index (χ2v) is 6.58. The van der Waals surface area contributed by atoms with E-state index >= 15 is 0 Å². The second kappa shape index (κ2) is 6.63. The number of nitrogens with one attached hydrogen (secondary N) is 1. The molecule has 0 fully saturated rings. The zero-order valence-corrected chi connectivity index (χ0v) is 14.8.